The molecule has 0 atom stereocenters. The number of rotatable bonds is 3. The van der Waals surface area contributed by atoms with E-state index in [-0.39, 0.29) is 5.91 Å². The van der Waals surface area contributed by atoms with Gasteiger partial charge in [0, 0.05) is 11.1 Å². The van der Waals surface area contributed by atoms with Crippen molar-refractivity contribution >= 4 is 12.1 Å². The van der Waals surface area contributed by atoms with Gasteiger partial charge in [-0.2, -0.15) is 10.2 Å². The number of aromatic nitrogens is 2. The highest BCUT2D eigenvalue weighted by molar-refractivity contribution is 5.96. The number of hydrazone groups is 1. The van der Waals surface area contributed by atoms with Crippen molar-refractivity contribution < 1.29 is 4.79 Å². The number of fused-ring (bicyclic) bond motifs is 3. The first-order valence-electron chi connectivity index (χ1n) is 8.28. The van der Waals surface area contributed by atoms with Crippen LogP contribution in [-0.4, -0.2) is 22.3 Å². The van der Waals surface area contributed by atoms with Crippen molar-refractivity contribution in [1.29, 1.82) is 0 Å². The van der Waals surface area contributed by atoms with Crippen LogP contribution in [0, 0.1) is 6.92 Å². The van der Waals surface area contributed by atoms with E-state index in [0.29, 0.717) is 5.69 Å². The second-order valence-electron chi connectivity index (χ2n) is 6.19. The van der Waals surface area contributed by atoms with Crippen LogP contribution in [0.4, 0.5) is 0 Å². The zero-order valence-electron chi connectivity index (χ0n) is 13.9. The minimum absolute atomic E-state index is 0.267. The van der Waals surface area contributed by atoms with Crippen LogP contribution >= 0.6 is 0 Å². The van der Waals surface area contributed by atoms with Gasteiger partial charge in [0.2, 0.25) is 0 Å². The van der Waals surface area contributed by atoms with Crippen LogP contribution in [-0.2, 0) is 12.8 Å². The van der Waals surface area contributed by atoms with Crippen molar-refractivity contribution in [3.8, 4) is 11.3 Å². The molecule has 0 spiro atoms. The van der Waals surface area contributed by atoms with E-state index in [1.165, 1.54) is 11.1 Å². The van der Waals surface area contributed by atoms with Crippen molar-refractivity contribution in [2.24, 2.45) is 5.10 Å². The van der Waals surface area contributed by atoms with E-state index in [4.69, 9.17) is 0 Å². The van der Waals surface area contributed by atoms with Gasteiger partial charge in [-0.1, -0.05) is 54.1 Å². The van der Waals surface area contributed by atoms with Crippen LogP contribution in [0.1, 0.15) is 32.7 Å². The van der Waals surface area contributed by atoms with Crippen LogP contribution in [0.25, 0.3) is 11.3 Å². The van der Waals surface area contributed by atoms with E-state index in [0.717, 1.165) is 35.2 Å². The number of hydrogen-bond donors (Lipinski definition) is 2. The average Bonchev–Trinajstić information content (AvgIpc) is 3.08. The summed E-state index contributed by atoms with van der Waals surface area (Å²) in [5, 5.41) is 11.3. The van der Waals surface area contributed by atoms with E-state index in [1.807, 2.05) is 49.4 Å². The predicted octanol–water partition coefficient (Wildman–Crippen LogP) is 3.25. The summed E-state index contributed by atoms with van der Waals surface area (Å²) in [7, 11) is 0. The van der Waals surface area contributed by atoms with Crippen molar-refractivity contribution in [2.45, 2.75) is 19.8 Å². The smallest absolute Gasteiger partial charge is 0.272 e. The quantitative estimate of drug-likeness (QED) is 0.572. The number of carbonyl (C=O) groups excluding carboxylic acids is 1. The summed E-state index contributed by atoms with van der Waals surface area (Å²) >= 11 is 0. The molecule has 3 aromatic rings. The van der Waals surface area contributed by atoms with E-state index >= 15 is 0 Å². The van der Waals surface area contributed by atoms with Crippen molar-refractivity contribution in [3.63, 3.8) is 0 Å². The first-order valence-corrected chi connectivity index (χ1v) is 8.28. The molecule has 124 valence electrons. The average molecular weight is 330 g/mol. The Morgan fingerprint density at radius 1 is 1.16 bits per heavy atom. The number of nitrogens with one attached hydrogen (secondary N) is 2. The molecule has 0 unspecified atom stereocenters. The van der Waals surface area contributed by atoms with Crippen molar-refractivity contribution in [2.75, 3.05) is 0 Å². The maximum atomic E-state index is 12.4. The third-order valence-electron chi connectivity index (χ3n) is 4.47. The second-order valence-corrected chi connectivity index (χ2v) is 6.19. The number of carbonyl (C=O) groups is 1. The van der Waals surface area contributed by atoms with E-state index in [9.17, 15) is 4.79 Å². The van der Waals surface area contributed by atoms with Gasteiger partial charge >= 0.3 is 0 Å². The van der Waals surface area contributed by atoms with Gasteiger partial charge in [-0.25, -0.2) is 5.43 Å². The Labute approximate surface area is 145 Å². The topological polar surface area (TPSA) is 70.1 Å². The number of aromatic amines is 1. The molecule has 1 heterocycles. The second kappa shape index (κ2) is 6.36. The minimum atomic E-state index is -0.267. The molecule has 0 bridgehead atoms. The molecule has 25 heavy (non-hydrogen) atoms. The van der Waals surface area contributed by atoms with Gasteiger partial charge in [-0.05, 0) is 30.9 Å². The first-order chi connectivity index (χ1) is 12.2. The Hall–Kier alpha value is -3.21. The normalized spacial score (nSPS) is 12.7. The predicted molar refractivity (Wildman–Crippen MR) is 97.7 cm³/mol. The molecule has 0 saturated heterocycles. The van der Waals surface area contributed by atoms with E-state index < -0.39 is 0 Å². The third kappa shape index (κ3) is 2.96. The van der Waals surface area contributed by atoms with E-state index in [2.05, 4.69) is 26.8 Å². The van der Waals surface area contributed by atoms with Crippen LogP contribution in [0.2, 0.25) is 0 Å². The summed E-state index contributed by atoms with van der Waals surface area (Å²) < 4.78 is 0. The standard InChI is InChI=1S/C20H18N4O/c1-13-6-8-14(9-7-13)12-21-24-20(25)19-17-11-10-15-4-2-3-5-16(15)18(17)22-23-19/h2-9,12H,10-11H2,1H3,(H,22,23)(H,24,25). The number of H-pyrrole nitrogens is 1. The number of amides is 1. The Morgan fingerprint density at radius 3 is 2.80 bits per heavy atom. The fraction of sp³-hybridized carbons (Fsp3) is 0.150. The lowest BCUT2D eigenvalue weighted by atomic mass is 9.89. The molecule has 0 fully saturated rings. The Balaban J connectivity index is 1.53. The van der Waals surface area contributed by atoms with Crippen LogP contribution in [0.5, 0.6) is 0 Å². The highest BCUT2D eigenvalue weighted by Gasteiger charge is 2.24. The summed E-state index contributed by atoms with van der Waals surface area (Å²) in [5.74, 6) is -0.267. The lowest BCUT2D eigenvalue weighted by Gasteiger charge is -2.15. The number of aryl methyl sites for hydroxylation is 2. The minimum Gasteiger partial charge on any atom is -0.272 e. The van der Waals surface area contributed by atoms with Gasteiger partial charge in [-0.15, -0.1) is 0 Å². The Bertz CT molecular complexity index is 954. The van der Waals surface area contributed by atoms with E-state index in [1.54, 1.807) is 6.21 Å². The summed E-state index contributed by atoms with van der Waals surface area (Å²) in [6, 6.07) is 16.1. The molecule has 0 aliphatic heterocycles. The Kier molecular flexibility index (Phi) is 3.90. The molecule has 1 aromatic heterocycles. The summed E-state index contributed by atoms with van der Waals surface area (Å²) in [6.45, 7) is 2.03. The SMILES string of the molecule is Cc1ccc(C=NNC(=O)c2[nH]nc3c2CCc2ccccc2-3)cc1. The fourth-order valence-corrected chi connectivity index (χ4v) is 3.12. The van der Waals surface area contributed by atoms with Crippen LogP contribution < -0.4 is 5.43 Å². The number of hydrogen-bond acceptors (Lipinski definition) is 3. The molecule has 5 nitrogen and oxygen atoms in total. The van der Waals surface area contributed by atoms with Gasteiger partial charge in [0.25, 0.3) is 5.91 Å². The highest BCUT2D eigenvalue weighted by Crippen LogP contribution is 2.33. The van der Waals surface area contributed by atoms with Gasteiger partial charge in [0.1, 0.15) is 5.69 Å². The van der Waals surface area contributed by atoms with Gasteiger partial charge in [0.15, 0.2) is 0 Å². The lowest BCUT2D eigenvalue weighted by molar-refractivity contribution is 0.0949. The highest BCUT2D eigenvalue weighted by atomic mass is 16.2. The van der Waals surface area contributed by atoms with Crippen LogP contribution in [0.15, 0.2) is 53.6 Å². The van der Waals surface area contributed by atoms with Crippen LogP contribution in [0.3, 0.4) is 0 Å². The van der Waals surface area contributed by atoms with Crippen molar-refractivity contribution in [3.05, 3.63) is 76.5 Å². The summed E-state index contributed by atoms with van der Waals surface area (Å²) in [4.78, 5) is 12.4. The summed E-state index contributed by atoms with van der Waals surface area (Å²) in [5.41, 5.74) is 9.39. The monoisotopic (exact) mass is 330 g/mol. The molecule has 1 amide bonds. The van der Waals surface area contributed by atoms with Crippen molar-refractivity contribution in [1.82, 2.24) is 15.6 Å². The Morgan fingerprint density at radius 2 is 1.96 bits per heavy atom. The molecule has 0 saturated carbocycles. The third-order valence-corrected chi connectivity index (χ3v) is 4.47. The molecule has 4 rings (SSSR count). The maximum absolute atomic E-state index is 12.4. The molecule has 2 aromatic carbocycles. The maximum Gasteiger partial charge on any atom is 0.289 e. The molecule has 2 N–H and O–H groups in total. The van der Waals surface area contributed by atoms with Gasteiger partial charge < -0.3 is 0 Å². The molecule has 0 radical (unpaired) electrons. The zero-order chi connectivity index (χ0) is 17.2. The number of nitrogens with zero attached hydrogens (tertiary/aromatic N) is 2. The van der Waals surface area contributed by atoms with Gasteiger partial charge in [-0.3, -0.25) is 9.89 Å². The molecule has 1 aliphatic carbocycles. The lowest BCUT2D eigenvalue weighted by Crippen LogP contribution is -2.20. The molecule has 1 aliphatic rings. The molecule has 5 heteroatoms. The molecular formula is C20H18N4O. The number of benzene rings is 2. The summed E-state index contributed by atoms with van der Waals surface area (Å²) in [6.07, 6.45) is 3.35. The largest absolute Gasteiger partial charge is 0.289 e. The fourth-order valence-electron chi connectivity index (χ4n) is 3.12. The first kappa shape index (κ1) is 15.3. The molecular weight excluding hydrogens is 312 g/mol. The van der Waals surface area contributed by atoms with Gasteiger partial charge in [0.05, 0.1) is 11.9 Å². The zero-order valence-corrected chi connectivity index (χ0v) is 13.9.